The Labute approximate surface area is 193 Å². The molecule has 0 saturated carbocycles. The van der Waals surface area contributed by atoms with Crippen molar-refractivity contribution in [3.05, 3.63) is 96.1 Å². The van der Waals surface area contributed by atoms with Gasteiger partial charge in [0.1, 0.15) is 5.76 Å². The second-order valence-electron chi connectivity index (χ2n) is 7.74. The minimum atomic E-state index is -0.131. The van der Waals surface area contributed by atoms with Gasteiger partial charge in [0.05, 0.1) is 12.8 Å². The van der Waals surface area contributed by atoms with Crippen molar-refractivity contribution in [2.24, 2.45) is 4.99 Å². The van der Waals surface area contributed by atoms with Gasteiger partial charge in [0.15, 0.2) is 5.96 Å². The van der Waals surface area contributed by atoms with Crippen LogP contribution in [-0.2, 0) is 19.6 Å². The van der Waals surface area contributed by atoms with Crippen molar-refractivity contribution in [2.45, 2.75) is 26.1 Å². The van der Waals surface area contributed by atoms with Crippen LogP contribution in [0.4, 0.5) is 0 Å². The molecule has 0 spiro atoms. The van der Waals surface area contributed by atoms with Crippen LogP contribution in [0.5, 0.6) is 0 Å². The molecular weight excluding hydrogens is 414 g/mol. The summed E-state index contributed by atoms with van der Waals surface area (Å²) < 4.78 is 7.53. The van der Waals surface area contributed by atoms with E-state index in [1.165, 1.54) is 10.9 Å². The molecule has 2 heterocycles. The zero-order valence-electron chi connectivity index (χ0n) is 18.8. The number of aryl methyl sites for hydroxylation is 1. The average Bonchev–Trinajstić information content (AvgIpc) is 3.52. The smallest absolute Gasteiger partial charge is 0.251 e. The molecule has 0 saturated heterocycles. The second-order valence-corrected chi connectivity index (χ2v) is 7.74. The Bertz CT molecular complexity index is 1210. The van der Waals surface area contributed by atoms with Gasteiger partial charge in [-0.3, -0.25) is 9.79 Å². The van der Waals surface area contributed by atoms with Gasteiger partial charge in [0, 0.05) is 44.0 Å². The highest BCUT2D eigenvalue weighted by molar-refractivity contribution is 5.94. The number of benzene rings is 2. The fourth-order valence-corrected chi connectivity index (χ4v) is 3.70. The van der Waals surface area contributed by atoms with Crippen molar-refractivity contribution in [3.8, 4) is 0 Å². The minimum absolute atomic E-state index is 0.131. The predicted molar refractivity (Wildman–Crippen MR) is 131 cm³/mol. The molecular formula is C26H29N5O2. The predicted octanol–water partition coefficient (Wildman–Crippen LogP) is 3.92. The van der Waals surface area contributed by atoms with Crippen LogP contribution >= 0.6 is 0 Å². The van der Waals surface area contributed by atoms with Gasteiger partial charge in [-0.25, -0.2) is 0 Å². The average molecular weight is 444 g/mol. The van der Waals surface area contributed by atoms with Gasteiger partial charge < -0.3 is 24.9 Å². The van der Waals surface area contributed by atoms with Gasteiger partial charge in [-0.15, -0.1) is 0 Å². The number of aromatic nitrogens is 1. The van der Waals surface area contributed by atoms with Crippen molar-refractivity contribution >= 4 is 22.8 Å². The fraction of sp³-hybridized carbons (Fsp3) is 0.231. The number of nitrogens with one attached hydrogen (secondary N) is 3. The summed E-state index contributed by atoms with van der Waals surface area (Å²) in [5.41, 5.74) is 2.87. The van der Waals surface area contributed by atoms with Gasteiger partial charge in [-0.05, 0) is 53.8 Å². The lowest BCUT2D eigenvalue weighted by Crippen LogP contribution is -2.37. The molecule has 0 aliphatic rings. The van der Waals surface area contributed by atoms with Crippen molar-refractivity contribution in [2.75, 3.05) is 13.6 Å². The molecule has 4 rings (SSSR count). The lowest BCUT2D eigenvalue weighted by molar-refractivity contribution is 0.0948. The number of fused-ring (bicyclic) bond motifs is 1. The zero-order chi connectivity index (χ0) is 22.9. The van der Waals surface area contributed by atoms with Crippen molar-refractivity contribution < 1.29 is 9.21 Å². The first-order chi connectivity index (χ1) is 16.2. The lowest BCUT2D eigenvalue weighted by Gasteiger charge is -2.13. The Kier molecular flexibility index (Phi) is 7.43. The zero-order valence-corrected chi connectivity index (χ0v) is 18.8. The van der Waals surface area contributed by atoms with E-state index in [-0.39, 0.29) is 5.91 Å². The van der Waals surface area contributed by atoms with Crippen LogP contribution in [0.2, 0.25) is 0 Å². The molecule has 0 fully saturated rings. The Morgan fingerprint density at radius 3 is 2.73 bits per heavy atom. The number of para-hydroxylation sites is 1. The maximum absolute atomic E-state index is 12.4. The summed E-state index contributed by atoms with van der Waals surface area (Å²) in [6, 6.07) is 21.8. The summed E-state index contributed by atoms with van der Waals surface area (Å²) in [4.78, 5) is 16.7. The topological polar surface area (TPSA) is 83.6 Å². The van der Waals surface area contributed by atoms with E-state index in [1.54, 1.807) is 25.4 Å². The molecule has 7 heteroatoms. The highest BCUT2D eigenvalue weighted by atomic mass is 16.3. The van der Waals surface area contributed by atoms with E-state index in [2.05, 4.69) is 62.0 Å². The maximum Gasteiger partial charge on any atom is 0.251 e. The van der Waals surface area contributed by atoms with Gasteiger partial charge in [0.25, 0.3) is 5.91 Å². The van der Waals surface area contributed by atoms with E-state index in [0.29, 0.717) is 18.7 Å². The normalized spacial score (nSPS) is 11.5. The fourth-order valence-electron chi connectivity index (χ4n) is 3.70. The third kappa shape index (κ3) is 6.04. The molecule has 170 valence electrons. The number of hydrogen-bond acceptors (Lipinski definition) is 3. The molecule has 33 heavy (non-hydrogen) atoms. The van der Waals surface area contributed by atoms with E-state index in [0.717, 1.165) is 36.8 Å². The SMILES string of the molecule is CN=C(NCCCn1ccc2ccccc21)NCc1cccc(C(=O)NCc2ccco2)c1. The molecule has 1 amide bonds. The number of carbonyl (C=O) groups excluding carboxylic acids is 1. The van der Waals surface area contributed by atoms with Crippen LogP contribution in [0.15, 0.2) is 88.6 Å². The highest BCUT2D eigenvalue weighted by Gasteiger charge is 2.08. The summed E-state index contributed by atoms with van der Waals surface area (Å²) in [6.07, 6.45) is 4.71. The van der Waals surface area contributed by atoms with Crippen LogP contribution in [0, 0.1) is 0 Å². The Hall–Kier alpha value is -4.00. The molecule has 2 aromatic carbocycles. The summed E-state index contributed by atoms with van der Waals surface area (Å²) >= 11 is 0. The number of nitrogens with zero attached hydrogens (tertiary/aromatic N) is 2. The van der Waals surface area contributed by atoms with Crippen molar-refractivity contribution in [1.29, 1.82) is 0 Å². The third-order valence-corrected chi connectivity index (χ3v) is 5.42. The van der Waals surface area contributed by atoms with E-state index in [9.17, 15) is 4.79 Å². The standard InChI is InChI=1S/C26H29N5O2/c1-27-26(28-13-6-14-31-15-12-21-8-2-3-11-24(21)31)30-18-20-7-4-9-22(17-20)25(32)29-19-23-10-5-16-33-23/h2-5,7-12,15-17H,6,13-14,18-19H2,1H3,(H,29,32)(H2,27,28,30). The Morgan fingerprint density at radius 2 is 1.88 bits per heavy atom. The number of amides is 1. The van der Waals surface area contributed by atoms with Gasteiger partial charge >= 0.3 is 0 Å². The number of guanidine groups is 1. The molecule has 0 aliphatic heterocycles. The molecule has 4 aromatic rings. The molecule has 3 N–H and O–H groups in total. The molecule has 0 radical (unpaired) electrons. The third-order valence-electron chi connectivity index (χ3n) is 5.42. The van der Waals surface area contributed by atoms with E-state index >= 15 is 0 Å². The van der Waals surface area contributed by atoms with Crippen molar-refractivity contribution in [1.82, 2.24) is 20.5 Å². The number of hydrogen-bond donors (Lipinski definition) is 3. The first-order valence-electron chi connectivity index (χ1n) is 11.1. The largest absolute Gasteiger partial charge is 0.467 e. The van der Waals surface area contributed by atoms with Crippen LogP contribution in [0.25, 0.3) is 10.9 Å². The molecule has 2 aromatic heterocycles. The molecule has 7 nitrogen and oxygen atoms in total. The van der Waals surface area contributed by atoms with E-state index in [1.807, 2.05) is 24.3 Å². The monoisotopic (exact) mass is 443 g/mol. The van der Waals surface area contributed by atoms with E-state index in [4.69, 9.17) is 4.42 Å². The van der Waals surface area contributed by atoms with Crippen molar-refractivity contribution in [3.63, 3.8) is 0 Å². The lowest BCUT2D eigenvalue weighted by atomic mass is 10.1. The summed E-state index contributed by atoms with van der Waals surface area (Å²) in [5, 5.41) is 10.8. The molecule has 0 aliphatic carbocycles. The number of furan rings is 1. The second kappa shape index (κ2) is 11.0. The van der Waals surface area contributed by atoms with Crippen LogP contribution in [-0.4, -0.2) is 30.0 Å². The van der Waals surface area contributed by atoms with Gasteiger partial charge in [0.2, 0.25) is 0 Å². The van der Waals surface area contributed by atoms with Crippen LogP contribution in [0.1, 0.15) is 28.1 Å². The number of carbonyl (C=O) groups is 1. The summed E-state index contributed by atoms with van der Waals surface area (Å²) in [5.74, 6) is 1.33. The molecule has 0 atom stereocenters. The summed E-state index contributed by atoms with van der Waals surface area (Å²) in [6.45, 7) is 2.68. The number of rotatable bonds is 9. The molecule has 0 bridgehead atoms. The first kappa shape index (κ1) is 22.2. The Morgan fingerprint density at radius 1 is 0.970 bits per heavy atom. The van der Waals surface area contributed by atoms with E-state index < -0.39 is 0 Å². The van der Waals surface area contributed by atoms with Crippen LogP contribution in [0.3, 0.4) is 0 Å². The maximum atomic E-state index is 12.4. The summed E-state index contributed by atoms with van der Waals surface area (Å²) in [7, 11) is 1.76. The molecule has 0 unspecified atom stereocenters. The highest BCUT2D eigenvalue weighted by Crippen LogP contribution is 2.15. The number of aliphatic imine (C=N–C) groups is 1. The van der Waals surface area contributed by atoms with Gasteiger partial charge in [-0.1, -0.05) is 30.3 Å². The first-order valence-corrected chi connectivity index (χ1v) is 11.1. The van der Waals surface area contributed by atoms with Crippen LogP contribution < -0.4 is 16.0 Å². The Balaban J connectivity index is 1.22. The quantitative estimate of drug-likeness (QED) is 0.208. The van der Waals surface area contributed by atoms with Gasteiger partial charge in [-0.2, -0.15) is 0 Å². The minimum Gasteiger partial charge on any atom is -0.467 e.